The summed E-state index contributed by atoms with van der Waals surface area (Å²) >= 11 is 0. The van der Waals surface area contributed by atoms with Gasteiger partial charge in [0, 0.05) is 6.54 Å². The van der Waals surface area contributed by atoms with Gasteiger partial charge in [-0.1, -0.05) is 56.3 Å². The Morgan fingerprint density at radius 1 is 1.23 bits per heavy atom. The average Bonchev–Trinajstić information content (AvgIpc) is 2.75. The van der Waals surface area contributed by atoms with Crippen molar-refractivity contribution in [3.8, 4) is 5.75 Å². The van der Waals surface area contributed by atoms with Gasteiger partial charge >= 0.3 is 5.97 Å². The van der Waals surface area contributed by atoms with E-state index in [1.807, 2.05) is 18.2 Å². The van der Waals surface area contributed by atoms with E-state index in [9.17, 15) is 9.90 Å². The minimum atomic E-state index is -0.811. The van der Waals surface area contributed by atoms with Crippen LogP contribution < -0.4 is 5.32 Å². The highest BCUT2D eigenvalue weighted by Crippen LogP contribution is 2.40. The third-order valence-electron chi connectivity index (χ3n) is 7.00. The fourth-order valence-electron chi connectivity index (χ4n) is 4.78. The molecular weight excluding hydrogens is 388 g/mol. The summed E-state index contributed by atoms with van der Waals surface area (Å²) in [6.07, 6.45) is 3.06. The molecule has 2 aromatic rings. The highest BCUT2D eigenvalue weighted by Gasteiger charge is 2.38. The first kappa shape index (κ1) is 23.3. The predicted octanol–water partition coefficient (Wildman–Crippen LogP) is 3.91. The number of carbonyl (C=O) groups is 1. The van der Waals surface area contributed by atoms with Crippen molar-refractivity contribution in [1.82, 2.24) is 10.2 Å². The van der Waals surface area contributed by atoms with Crippen molar-refractivity contribution in [2.45, 2.75) is 38.5 Å². The van der Waals surface area contributed by atoms with E-state index in [0.29, 0.717) is 24.1 Å². The molecule has 0 aliphatic carbocycles. The van der Waals surface area contributed by atoms with Gasteiger partial charge in [0.1, 0.15) is 5.75 Å². The number of phenols is 1. The van der Waals surface area contributed by atoms with Crippen LogP contribution in [0.15, 0.2) is 54.6 Å². The molecule has 1 heterocycles. The van der Waals surface area contributed by atoms with Crippen LogP contribution in [0.2, 0.25) is 0 Å². The number of phenolic OH excluding ortho intramolecular Hbond substituents is 1. The second-order valence-electron chi connectivity index (χ2n) is 9.29. The first-order valence-corrected chi connectivity index (χ1v) is 11.3. The van der Waals surface area contributed by atoms with Gasteiger partial charge in [0.05, 0.1) is 6.54 Å². The summed E-state index contributed by atoms with van der Waals surface area (Å²) in [5, 5.41) is 22.0. The molecule has 31 heavy (non-hydrogen) atoms. The minimum absolute atomic E-state index is 0.00825. The maximum Gasteiger partial charge on any atom is 0.317 e. The summed E-state index contributed by atoms with van der Waals surface area (Å²) in [5.74, 6) is 0.415. The van der Waals surface area contributed by atoms with Crippen molar-refractivity contribution in [2.24, 2.45) is 11.8 Å². The van der Waals surface area contributed by atoms with Gasteiger partial charge in [-0.3, -0.25) is 4.79 Å². The zero-order valence-electron chi connectivity index (χ0n) is 18.8. The van der Waals surface area contributed by atoms with Crippen LogP contribution in [0.3, 0.4) is 0 Å². The van der Waals surface area contributed by atoms with Gasteiger partial charge < -0.3 is 20.4 Å². The monoisotopic (exact) mass is 424 g/mol. The van der Waals surface area contributed by atoms with Crippen molar-refractivity contribution in [1.29, 1.82) is 0 Å². The Hall–Kier alpha value is -2.37. The molecule has 0 radical (unpaired) electrons. The van der Waals surface area contributed by atoms with Gasteiger partial charge in [0.15, 0.2) is 0 Å². The molecule has 1 aliphatic rings. The Kier molecular flexibility index (Phi) is 8.10. The molecule has 0 bridgehead atoms. The number of carboxylic acid groups (broad SMARTS) is 1. The molecule has 3 unspecified atom stereocenters. The number of aliphatic carboxylic acids is 1. The lowest BCUT2D eigenvalue weighted by molar-refractivity contribution is -0.136. The second kappa shape index (κ2) is 10.8. The Balaban J connectivity index is 1.56. The van der Waals surface area contributed by atoms with E-state index >= 15 is 0 Å². The van der Waals surface area contributed by atoms with Crippen LogP contribution in [-0.4, -0.2) is 53.8 Å². The smallest absolute Gasteiger partial charge is 0.317 e. The number of likely N-dealkylation sites (tertiary alicyclic amines) is 1. The summed E-state index contributed by atoms with van der Waals surface area (Å²) < 4.78 is 0. The third kappa shape index (κ3) is 6.55. The van der Waals surface area contributed by atoms with Gasteiger partial charge in [-0.15, -0.1) is 0 Å². The van der Waals surface area contributed by atoms with Gasteiger partial charge in [-0.2, -0.15) is 0 Å². The number of rotatable bonds is 10. The average molecular weight is 425 g/mol. The molecule has 0 saturated carbocycles. The van der Waals surface area contributed by atoms with E-state index in [2.05, 4.69) is 54.4 Å². The van der Waals surface area contributed by atoms with Crippen LogP contribution in [0.1, 0.15) is 37.8 Å². The fraction of sp³-hybridized carbons (Fsp3) is 0.500. The molecule has 5 heteroatoms. The molecule has 0 aromatic heterocycles. The first-order chi connectivity index (χ1) is 14.9. The quantitative estimate of drug-likeness (QED) is 0.539. The molecule has 168 valence electrons. The molecule has 3 N–H and O–H groups in total. The lowest BCUT2D eigenvalue weighted by Gasteiger charge is -2.45. The molecule has 1 fully saturated rings. The van der Waals surface area contributed by atoms with Crippen molar-refractivity contribution < 1.29 is 15.0 Å². The summed E-state index contributed by atoms with van der Waals surface area (Å²) in [5.41, 5.74) is 2.59. The Morgan fingerprint density at radius 3 is 2.68 bits per heavy atom. The van der Waals surface area contributed by atoms with Crippen LogP contribution in [0.5, 0.6) is 5.75 Å². The lowest BCUT2D eigenvalue weighted by Crippen LogP contribution is -2.48. The van der Waals surface area contributed by atoms with E-state index in [1.54, 1.807) is 6.07 Å². The maximum atomic E-state index is 10.9. The number of nitrogens with one attached hydrogen (secondary N) is 1. The number of nitrogens with zero attached hydrogens (tertiary/aromatic N) is 1. The molecular formula is C26H36N2O3. The minimum Gasteiger partial charge on any atom is -0.508 e. The van der Waals surface area contributed by atoms with E-state index in [-0.39, 0.29) is 12.0 Å². The van der Waals surface area contributed by atoms with Gasteiger partial charge in [0.25, 0.3) is 0 Å². The molecule has 1 saturated heterocycles. The van der Waals surface area contributed by atoms with Gasteiger partial charge in [-0.05, 0) is 79.4 Å². The fourth-order valence-corrected chi connectivity index (χ4v) is 4.78. The molecule has 3 rings (SSSR count). The topological polar surface area (TPSA) is 72.8 Å². The second-order valence-corrected chi connectivity index (χ2v) is 9.29. The SMILES string of the molecule is CC1CN(CCC(CNCC(=O)O)Cc2ccccc2)CCC1(C)c1cccc(O)c1. The van der Waals surface area contributed by atoms with Crippen LogP contribution >= 0.6 is 0 Å². The zero-order chi connectivity index (χ0) is 22.3. The summed E-state index contributed by atoms with van der Waals surface area (Å²) in [7, 11) is 0. The summed E-state index contributed by atoms with van der Waals surface area (Å²) in [4.78, 5) is 13.4. The van der Waals surface area contributed by atoms with Crippen molar-refractivity contribution in [2.75, 3.05) is 32.7 Å². The number of piperidine rings is 1. The molecule has 5 nitrogen and oxygen atoms in total. The van der Waals surface area contributed by atoms with Gasteiger partial charge in [-0.25, -0.2) is 0 Å². The Bertz CT molecular complexity index is 842. The van der Waals surface area contributed by atoms with Crippen molar-refractivity contribution in [3.05, 3.63) is 65.7 Å². The molecule has 2 aromatic carbocycles. The number of benzene rings is 2. The largest absolute Gasteiger partial charge is 0.508 e. The van der Waals surface area contributed by atoms with Crippen LogP contribution in [0.25, 0.3) is 0 Å². The van der Waals surface area contributed by atoms with E-state index in [0.717, 1.165) is 38.9 Å². The number of carboxylic acids is 1. The third-order valence-corrected chi connectivity index (χ3v) is 7.00. The summed E-state index contributed by atoms with van der Waals surface area (Å²) in [6.45, 7) is 8.44. The van der Waals surface area contributed by atoms with Gasteiger partial charge in [0.2, 0.25) is 0 Å². The first-order valence-electron chi connectivity index (χ1n) is 11.3. The van der Waals surface area contributed by atoms with E-state index in [1.165, 1.54) is 11.1 Å². The standard InChI is InChI=1S/C26H36N2O3/c1-20-19-28(14-12-26(20,2)23-9-6-10-24(29)16-23)13-11-22(17-27-18-25(30)31)15-21-7-4-3-5-8-21/h3-10,16,20,22,27,29H,11-15,17-19H2,1-2H3,(H,30,31). The van der Waals surface area contributed by atoms with Crippen LogP contribution in [0, 0.1) is 11.8 Å². The Labute approximate surface area is 186 Å². The lowest BCUT2D eigenvalue weighted by atomic mass is 9.68. The van der Waals surface area contributed by atoms with E-state index < -0.39 is 5.97 Å². The number of hydrogen-bond donors (Lipinski definition) is 3. The number of hydrogen-bond acceptors (Lipinski definition) is 4. The molecule has 3 atom stereocenters. The van der Waals surface area contributed by atoms with E-state index in [4.69, 9.17) is 5.11 Å². The predicted molar refractivity (Wildman–Crippen MR) is 124 cm³/mol. The number of aromatic hydroxyl groups is 1. The van der Waals surface area contributed by atoms with Crippen LogP contribution in [0.4, 0.5) is 0 Å². The van der Waals surface area contributed by atoms with Crippen molar-refractivity contribution >= 4 is 5.97 Å². The highest BCUT2D eigenvalue weighted by molar-refractivity contribution is 5.68. The molecule has 1 aliphatic heterocycles. The molecule has 0 amide bonds. The maximum absolute atomic E-state index is 10.9. The normalized spacial score (nSPS) is 22.8. The molecule has 0 spiro atoms. The zero-order valence-corrected chi connectivity index (χ0v) is 18.8. The highest BCUT2D eigenvalue weighted by atomic mass is 16.4. The van der Waals surface area contributed by atoms with Crippen molar-refractivity contribution in [3.63, 3.8) is 0 Å². The summed E-state index contributed by atoms with van der Waals surface area (Å²) in [6, 6.07) is 18.2. The van der Waals surface area contributed by atoms with Crippen LogP contribution in [-0.2, 0) is 16.6 Å². The Morgan fingerprint density at radius 2 is 2.00 bits per heavy atom.